The monoisotopic (exact) mass is 195 g/mol. The summed E-state index contributed by atoms with van der Waals surface area (Å²) >= 11 is 0. The zero-order valence-corrected chi connectivity index (χ0v) is 8.21. The molecule has 2 rings (SSSR count). The van der Waals surface area contributed by atoms with E-state index in [0.29, 0.717) is 6.61 Å². The van der Waals surface area contributed by atoms with Crippen LogP contribution in [-0.2, 0) is 17.6 Å². The third-order valence-corrected chi connectivity index (χ3v) is 2.30. The fraction of sp³-hybridized carbons (Fsp3) is 0.600. The number of rotatable bonds is 2. The van der Waals surface area contributed by atoms with Gasteiger partial charge in [-0.25, -0.2) is 9.78 Å². The van der Waals surface area contributed by atoms with E-state index in [1.807, 2.05) is 0 Å². The molecule has 0 aliphatic heterocycles. The van der Waals surface area contributed by atoms with E-state index in [9.17, 15) is 4.79 Å². The van der Waals surface area contributed by atoms with Crippen LogP contribution in [0.25, 0.3) is 0 Å². The molecule has 1 heterocycles. The molecule has 0 radical (unpaired) electrons. The number of esters is 1. The first-order chi connectivity index (χ1) is 6.81. The minimum Gasteiger partial charge on any atom is -0.459 e. The third-order valence-electron chi connectivity index (χ3n) is 2.30. The second kappa shape index (κ2) is 3.82. The quantitative estimate of drug-likeness (QED) is 0.674. The van der Waals surface area contributed by atoms with Crippen molar-refractivity contribution in [2.45, 2.75) is 32.6 Å². The lowest BCUT2D eigenvalue weighted by Crippen LogP contribution is -2.05. The van der Waals surface area contributed by atoms with Gasteiger partial charge in [-0.3, -0.25) is 0 Å². The third kappa shape index (κ3) is 1.64. The van der Waals surface area contributed by atoms with Gasteiger partial charge in [0.1, 0.15) is 5.76 Å². The summed E-state index contributed by atoms with van der Waals surface area (Å²) in [6, 6.07) is 0. The van der Waals surface area contributed by atoms with Crippen molar-refractivity contribution in [2.24, 2.45) is 0 Å². The lowest BCUT2D eigenvalue weighted by Gasteiger charge is -2.05. The van der Waals surface area contributed by atoms with E-state index in [0.717, 1.165) is 37.1 Å². The number of ether oxygens (including phenoxy) is 1. The normalized spacial score (nSPS) is 14.9. The predicted octanol–water partition coefficient (Wildman–Crippen LogP) is 1.73. The topological polar surface area (TPSA) is 52.3 Å². The van der Waals surface area contributed by atoms with Gasteiger partial charge in [-0.05, 0) is 26.2 Å². The lowest BCUT2D eigenvalue weighted by molar-refractivity contribution is 0.0479. The zero-order valence-electron chi connectivity index (χ0n) is 8.21. The van der Waals surface area contributed by atoms with Crippen molar-refractivity contribution in [2.75, 3.05) is 6.61 Å². The first-order valence-corrected chi connectivity index (χ1v) is 4.97. The highest BCUT2D eigenvalue weighted by Crippen LogP contribution is 2.21. The summed E-state index contributed by atoms with van der Waals surface area (Å²) in [5.74, 6) is 0.514. The Morgan fingerprint density at radius 2 is 2.29 bits per heavy atom. The molecule has 1 aliphatic rings. The first kappa shape index (κ1) is 9.24. The second-order valence-electron chi connectivity index (χ2n) is 3.32. The van der Waals surface area contributed by atoms with Gasteiger partial charge < -0.3 is 9.15 Å². The van der Waals surface area contributed by atoms with Gasteiger partial charge in [-0.1, -0.05) is 0 Å². The maximum absolute atomic E-state index is 11.3. The van der Waals surface area contributed by atoms with Gasteiger partial charge in [-0.15, -0.1) is 0 Å². The molecule has 14 heavy (non-hydrogen) atoms. The van der Waals surface area contributed by atoms with Crippen LogP contribution in [0.3, 0.4) is 0 Å². The molecule has 1 aliphatic carbocycles. The molecule has 0 bridgehead atoms. The molecule has 0 unspecified atom stereocenters. The summed E-state index contributed by atoms with van der Waals surface area (Å²) < 4.78 is 10.1. The van der Waals surface area contributed by atoms with Gasteiger partial charge in [0.15, 0.2) is 0 Å². The average molecular weight is 195 g/mol. The number of aryl methyl sites for hydroxylation is 2. The molecule has 4 nitrogen and oxygen atoms in total. The molecule has 0 saturated heterocycles. The number of hydrogen-bond acceptors (Lipinski definition) is 4. The van der Waals surface area contributed by atoms with E-state index in [1.165, 1.54) is 0 Å². The number of oxazole rings is 1. The average Bonchev–Trinajstić information content (AvgIpc) is 2.61. The molecule has 0 atom stereocenters. The summed E-state index contributed by atoms with van der Waals surface area (Å²) in [5.41, 5.74) is 0.930. The molecular formula is C10H13NO3. The van der Waals surface area contributed by atoms with Crippen molar-refractivity contribution in [3.63, 3.8) is 0 Å². The highest BCUT2D eigenvalue weighted by Gasteiger charge is 2.21. The Kier molecular flexibility index (Phi) is 2.52. The minimum absolute atomic E-state index is 0.110. The number of carbonyl (C=O) groups is 1. The van der Waals surface area contributed by atoms with Crippen LogP contribution < -0.4 is 0 Å². The van der Waals surface area contributed by atoms with Gasteiger partial charge >= 0.3 is 11.9 Å². The summed E-state index contributed by atoms with van der Waals surface area (Å²) in [6.45, 7) is 2.12. The standard InChI is InChI=1S/C10H13NO3/c1-2-13-10(12)9-11-7-5-3-4-6-8(7)14-9/h2-6H2,1H3. The largest absolute Gasteiger partial charge is 0.459 e. The molecule has 0 N–H and O–H groups in total. The Labute approximate surface area is 82.3 Å². The second-order valence-corrected chi connectivity index (χ2v) is 3.32. The molecule has 0 fully saturated rings. The van der Waals surface area contributed by atoms with Gasteiger partial charge in [0.2, 0.25) is 0 Å². The van der Waals surface area contributed by atoms with E-state index < -0.39 is 5.97 Å². The molecule has 0 aromatic carbocycles. The Hall–Kier alpha value is -1.32. The van der Waals surface area contributed by atoms with Gasteiger partial charge in [0, 0.05) is 6.42 Å². The number of nitrogens with zero attached hydrogens (tertiary/aromatic N) is 1. The fourth-order valence-corrected chi connectivity index (χ4v) is 1.63. The Morgan fingerprint density at radius 1 is 1.50 bits per heavy atom. The van der Waals surface area contributed by atoms with Crippen LogP contribution >= 0.6 is 0 Å². The Bertz CT molecular complexity index is 320. The van der Waals surface area contributed by atoms with Crippen molar-refractivity contribution < 1.29 is 13.9 Å². The van der Waals surface area contributed by atoms with E-state index in [2.05, 4.69) is 4.98 Å². The molecule has 1 aromatic rings. The predicted molar refractivity (Wildman–Crippen MR) is 49.1 cm³/mol. The van der Waals surface area contributed by atoms with Crippen LogP contribution in [0, 0.1) is 0 Å². The smallest absolute Gasteiger partial charge is 0.394 e. The zero-order chi connectivity index (χ0) is 9.97. The van der Waals surface area contributed by atoms with Crippen LogP contribution in [-0.4, -0.2) is 17.6 Å². The number of hydrogen-bond donors (Lipinski definition) is 0. The van der Waals surface area contributed by atoms with E-state index >= 15 is 0 Å². The molecule has 76 valence electrons. The van der Waals surface area contributed by atoms with Crippen molar-refractivity contribution in [1.29, 1.82) is 0 Å². The highest BCUT2D eigenvalue weighted by molar-refractivity contribution is 5.84. The molecule has 4 heteroatoms. The summed E-state index contributed by atoms with van der Waals surface area (Å²) in [5, 5.41) is 0. The fourth-order valence-electron chi connectivity index (χ4n) is 1.63. The van der Waals surface area contributed by atoms with Crippen molar-refractivity contribution in [1.82, 2.24) is 4.98 Å². The van der Waals surface area contributed by atoms with Gasteiger partial charge in [0.25, 0.3) is 0 Å². The van der Waals surface area contributed by atoms with E-state index in [-0.39, 0.29) is 5.89 Å². The Balaban J connectivity index is 2.19. The number of fused-ring (bicyclic) bond motifs is 1. The molecule has 0 amide bonds. The van der Waals surface area contributed by atoms with Gasteiger partial charge in [-0.2, -0.15) is 0 Å². The minimum atomic E-state index is -0.457. The van der Waals surface area contributed by atoms with E-state index in [1.54, 1.807) is 6.92 Å². The summed E-state index contributed by atoms with van der Waals surface area (Å²) in [4.78, 5) is 15.4. The van der Waals surface area contributed by atoms with Crippen LogP contribution in [0.4, 0.5) is 0 Å². The maximum Gasteiger partial charge on any atom is 0.394 e. The first-order valence-electron chi connectivity index (χ1n) is 4.97. The van der Waals surface area contributed by atoms with Crippen molar-refractivity contribution >= 4 is 5.97 Å². The number of carbonyl (C=O) groups excluding carboxylic acids is 1. The summed E-state index contributed by atoms with van der Waals surface area (Å²) in [6.07, 6.45) is 4.05. The molecule has 1 aromatic heterocycles. The Morgan fingerprint density at radius 3 is 3.00 bits per heavy atom. The lowest BCUT2D eigenvalue weighted by atomic mass is 10.0. The van der Waals surface area contributed by atoms with Crippen molar-refractivity contribution in [3.05, 3.63) is 17.3 Å². The van der Waals surface area contributed by atoms with Crippen LogP contribution in [0.2, 0.25) is 0 Å². The van der Waals surface area contributed by atoms with Gasteiger partial charge in [0.05, 0.1) is 12.3 Å². The number of aromatic nitrogens is 1. The highest BCUT2D eigenvalue weighted by atomic mass is 16.5. The van der Waals surface area contributed by atoms with Crippen LogP contribution in [0.1, 0.15) is 41.9 Å². The maximum atomic E-state index is 11.3. The van der Waals surface area contributed by atoms with Crippen LogP contribution in [0.15, 0.2) is 4.42 Å². The molecule has 0 spiro atoms. The SMILES string of the molecule is CCOC(=O)c1nc2c(o1)CCCC2. The van der Waals surface area contributed by atoms with E-state index in [4.69, 9.17) is 9.15 Å². The van der Waals surface area contributed by atoms with Crippen molar-refractivity contribution in [3.8, 4) is 0 Å². The summed E-state index contributed by atoms with van der Waals surface area (Å²) in [7, 11) is 0. The molecule has 0 saturated carbocycles. The van der Waals surface area contributed by atoms with Crippen LogP contribution in [0.5, 0.6) is 0 Å². The molecular weight excluding hydrogens is 182 g/mol.